The highest BCUT2D eigenvalue weighted by Gasteiger charge is 2.12. The first kappa shape index (κ1) is 11.8. The van der Waals surface area contributed by atoms with Crippen molar-refractivity contribution in [2.24, 2.45) is 0 Å². The van der Waals surface area contributed by atoms with E-state index in [4.69, 9.17) is 0 Å². The Morgan fingerprint density at radius 2 is 2.13 bits per heavy atom. The van der Waals surface area contributed by atoms with E-state index in [0.717, 1.165) is 5.95 Å². The van der Waals surface area contributed by atoms with Crippen molar-refractivity contribution in [1.82, 2.24) is 9.55 Å². The molecule has 1 aliphatic heterocycles. The van der Waals surface area contributed by atoms with Crippen LogP contribution < -0.4 is 5.32 Å². The van der Waals surface area contributed by atoms with Crippen molar-refractivity contribution in [1.29, 1.82) is 0 Å². The molecule has 3 nitrogen and oxygen atoms in total. The Balaban J connectivity index is 0.000000397. The molecule has 3 heteroatoms. The summed E-state index contributed by atoms with van der Waals surface area (Å²) in [6, 6.07) is 0.425. The lowest BCUT2D eigenvalue weighted by Crippen LogP contribution is -2.14. The zero-order valence-corrected chi connectivity index (χ0v) is 10.1. The van der Waals surface area contributed by atoms with Crippen LogP contribution in [0.1, 0.15) is 48.0 Å². The van der Waals surface area contributed by atoms with Crippen LogP contribution >= 0.6 is 0 Å². The number of hydrogen-bond acceptors (Lipinski definition) is 2. The van der Waals surface area contributed by atoms with Crippen LogP contribution in [-0.4, -0.2) is 9.55 Å². The van der Waals surface area contributed by atoms with E-state index in [1.165, 1.54) is 18.5 Å². The fraction of sp³-hybridized carbons (Fsp3) is 0.583. The summed E-state index contributed by atoms with van der Waals surface area (Å²) in [5, 5.41) is 3.18. The van der Waals surface area contributed by atoms with Gasteiger partial charge in [0.1, 0.15) is 0 Å². The number of rotatable bonds is 1. The SMILES string of the molecule is CC1=CC(C)n2ccnc2N1.CCCC.[HH]. The third-order valence-corrected chi connectivity index (χ3v) is 2.41. The van der Waals surface area contributed by atoms with Gasteiger partial charge >= 0.3 is 0 Å². The molecule has 1 unspecified atom stereocenters. The molecule has 86 valence electrons. The number of hydrogen-bond donors (Lipinski definition) is 1. The van der Waals surface area contributed by atoms with E-state index < -0.39 is 0 Å². The molecule has 0 fully saturated rings. The normalized spacial score (nSPS) is 18.1. The van der Waals surface area contributed by atoms with Crippen molar-refractivity contribution in [3.63, 3.8) is 0 Å². The first-order chi connectivity index (χ1) is 7.19. The van der Waals surface area contributed by atoms with E-state index in [2.05, 4.69) is 48.6 Å². The molecule has 0 saturated heterocycles. The summed E-state index contributed by atoms with van der Waals surface area (Å²) in [7, 11) is 0. The summed E-state index contributed by atoms with van der Waals surface area (Å²) in [4.78, 5) is 4.17. The van der Waals surface area contributed by atoms with E-state index >= 15 is 0 Å². The molecular weight excluding hydrogens is 186 g/mol. The Morgan fingerprint density at radius 3 is 2.73 bits per heavy atom. The molecule has 2 heterocycles. The molecular formula is C12H23N3. The van der Waals surface area contributed by atoms with E-state index in [1.54, 1.807) is 0 Å². The van der Waals surface area contributed by atoms with Crippen molar-refractivity contribution in [2.45, 2.75) is 46.6 Å². The van der Waals surface area contributed by atoms with Crippen LogP contribution in [0.4, 0.5) is 5.95 Å². The van der Waals surface area contributed by atoms with Gasteiger partial charge in [-0.1, -0.05) is 26.7 Å². The quantitative estimate of drug-likeness (QED) is 0.762. The number of nitrogens with zero attached hydrogens (tertiary/aromatic N) is 2. The molecule has 1 aliphatic rings. The molecule has 0 aliphatic carbocycles. The van der Waals surface area contributed by atoms with Gasteiger partial charge in [-0.2, -0.15) is 0 Å². The highest BCUT2D eigenvalue weighted by Crippen LogP contribution is 2.21. The second kappa shape index (κ2) is 5.59. The summed E-state index contributed by atoms with van der Waals surface area (Å²) in [5.41, 5.74) is 1.18. The molecule has 1 atom stereocenters. The Hall–Kier alpha value is -1.25. The van der Waals surface area contributed by atoms with E-state index in [0.29, 0.717) is 6.04 Å². The van der Waals surface area contributed by atoms with Crippen molar-refractivity contribution >= 4 is 5.95 Å². The van der Waals surface area contributed by atoms with Gasteiger partial charge in [0.15, 0.2) is 0 Å². The Morgan fingerprint density at radius 1 is 1.47 bits per heavy atom. The van der Waals surface area contributed by atoms with Crippen LogP contribution in [0.5, 0.6) is 0 Å². The molecule has 0 spiro atoms. The Kier molecular flexibility index (Phi) is 4.40. The van der Waals surface area contributed by atoms with Gasteiger partial charge < -0.3 is 9.88 Å². The van der Waals surface area contributed by atoms with Gasteiger partial charge in [0.25, 0.3) is 0 Å². The van der Waals surface area contributed by atoms with Crippen LogP contribution in [0.2, 0.25) is 0 Å². The van der Waals surface area contributed by atoms with E-state index in [1.807, 2.05) is 12.4 Å². The lowest BCUT2D eigenvalue weighted by molar-refractivity contribution is 0.649. The topological polar surface area (TPSA) is 29.9 Å². The minimum absolute atomic E-state index is 0. The molecule has 0 aromatic carbocycles. The predicted octanol–water partition coefficient (Wildman–Crippen LogP) is 3.83. The second-order valence-electron chi connectivity index (χ2n) is 3.87. The van der Waals surface area contributed by atoms with Gasteiger partial charge in [-0.25, -0.2) is 4.98 Å². The number of nitrogens with one attached hydrogen (secondary N) is 1. The number of unbranched alkanes of at least 4 members (excludes halogenated alkanes) is 1. The second-order valence-corrected chi connectivity index (χ2v) is 3.87. The fourth-order valence-electron chi connectivity index (χ4n) is 1.40. The van der Waals surface area contributed by atoms with Crippen LogP contribution in [0.25, 0.3) is 0 Å². The first-order valence-corrected chi connectivity index (χ1v) is 5.67. The van der Waals surface area contributed by atoms with Crippen molar-refractivity contribution in [3.05, 3.63) is 24.2 Å². The van der Waals surface area contributed by atoms with Crippen molar-refractivity contribution in [2.75, 3.05) is 5.32 Å². The maximum Gasteiger partial charge on any atom is 0.207 e. The van der Waals surface area contributed by atoms with Crippen LogP contribution in [0.3, 0.4) is 0 Å². The van der Waals surface area contributed by atoms with Gasteiger partial charge in [-0.05, 0) is 19.9 Å². The largest absolute Gasteiger partial charge is 0.330 e. The number of imidazole rings is 1. The number of fused-ring (bicyclic) bond motifs is 1. The molecule has 2 rings (SSSR count). The molecule has 0 radical (unpaired) electrons. The molecule has 1 aromatic rings. The standard InChI is InChI=1S/C8H11N3.C4H10.H2/c1-6-5-7(2)11-4-3-9-8(11)10-6;1-3-4-2;/h3-5,7H,1-2H3,(H,9,10);3-4H2,1-2H3;1H. The lowest BCUT2D eigenvalue weighted by Gasteiger charge is -2.20. The first-order valence-electron chi connectivity index (χ1n) is 5.67. The van der Waals surface area contributed by atoms with Gasteiger partial charge in [-0.3, -0.25) is 0 Å². The third kappa shape index (κ3) is 3.11. The minimum Gasteiger partial charge on any atom is -0.330 e. The lowest BCUT2D eigenvalue weighted by atomic mass is 10.2. The maximum atomic E-state index is 4.17. The van der Waals surface area contributed by atoms with E-state index in [-0.39, 0.29) is 1.43 Å². The summed E-state index contributed by atoms with van der Waals surface area (Å²) in [5.74, 6) is 0.942. The molecule has 0 bridgehead atoms. The van der Waals surface area contributed by atoms with Gasteiger partial charge in [0.05, 0.1) is 6.04 Å². The summed E-state index contributed by atoms with van der Waals surface area (Å²) >= 11 is 0. The van der Waals surface area contributed by atoms with Crippen molar-refractivity contribution < 1.29 is 1.43 Å². The third-order valence-electron chi connectivity index (χ3n) is 2.41. The summed E-state index contributed by atoms with van der Waals surface area (Å²) in [6.45, 7) is 8.56. The maximum absolute atomic E-state index is 4.17. The van der Waals surface area contributed by atoms with Gasteiger partial charge in [0, 0.05) is 19.5 Å². The highest BCUT2D eigenvalue weighted by atomic mass is 15.2. The van der Waals surface area contributed by atoms with E-state index in [9.17, 15) is 0 Å². The Labute approximate surface area is 93.7 Å². The zero-order valence-electron chi connectivity index (χ0n) is 10.1. The highest BCUT2D eigenvalue weighted by molar-refractivity contribution is 5.39. The smallest absolute Gasteiger partial charge is 0.207 e. The molecule has 1 N–H and O–H groups in total. The van der Waals surface area contributed by atoms with Crippen LogP contribution in [0.15, 0.2) is 24.2 Å². The molecule has 15 heavy (non-hydrogen) atoms. The summed E-state index contributed by atoms with van der Waals surface area (Å²) < 4.78 is 2.10. The van der Waals surface area contributed by atoms with Crippen molar-refractivity contribution in [3.8, 4) is 0 Å². The predicted molar refractivity (Wildman–Crippen MR) is 67.0 cm³/mol. The zero-order chi connectivity index (χ0) is 11.3. The van der Waals surface area contributed by atoms with Crippen LogP contribution in [0, 0.1) is 0 Å². The molecule has 0 saturated carbocycles. The number of allylic oxidation sites excluding steroid dienone is 2. The van der Waals surface area contributed by atoms with Gasteiger partial charge in [0.2, 0.25) is 5.95 Å². The number of aromatic nitrogens is 2. The average Bonchev–Trinajstić information content (AvgIpc) is 2.66. The molecule has 0 amide bonds. The number of anilines is 1. The molecule has 1 aromatic heterocycles. The van der Waals surface area contributed by atoms with Gasteiger partial charge in [-0.15, -0.1) is 0 Å². The average molecular weight is 209 g/mol. The summed E-state index contributed by atoms with van der Waals surface area (Å²) in [6.07, 6.45) is 8.61. The minimum atomic E-state index is 0. The van der Waals surface area contributed by atoms with Crippen LogP contribution in [-0.2, 0) is 0 Å². The monoisotopic (exact) mass is 209 g/mol. The Bertz CT molecular complexity index is 329. The fourth-order valence-corrected chi connectivity index (χ4v) is 1.40.